The predicted molar refractivity (Wildman–Crippen MR) is 115 cm³/mol. The van der Waals surface area contributed by atoms with Crippen molar-refractivity contribution < 1.29 is 14.6 Å². The van der Waals surface area contributed by atoms with E-state index in [4.69, 9.17) is 15.5 Å². The van der Waals surface area contributed by atoms with Crippen molar-refractivity contribution in [3.63, 3.8) is 0 Å². The lowest BCUT2D eigenvalue weighted by molar-refractivity contribution is -0.197. The van der Waals surface area contributed by atoms with E-state index in [1.165, 1.54) is 29.7 Å². The number of rotatable bonds is 3. The Morgan fingerprint density at radius 1 is 1.13 bits per heavy atom. The first-order chi connectivity index (χ1) is 14.4. The average Bonchev–Trinajstić information content (AvgIpc) is 2.86. The molecule has 2 heterocycles. The first-order valence-electron chi connectivity index (χ1n) is 11.4. The summed E-state index contributed by atoms with van der Waals surface area (Å²) in [6, 6.07) is 0. The number of thiophene rings is 1. The highest BCUT2D eigenvalue weighted by molar-refractivity contribution is 7.19. The quantitative estimate of drug-likeness (QED) is 0.569. The van der Waals surface area contributed by atoms with Gasteiger partial charge in [0.1, 0.15) is 10.6 Å². The molecule has 5 aliphatic rings. The van der Waals surface area contributed by atoms with Gasteiger partial charge in [0.2, 0.25) is 0 Å². The van der Waals surface area contributed by atoms with E-state index in [0.717, 1.165) is 55.2 Å². The molecule has 0 amide bonds. The first kappa shape index (κ1) is 19.0. The highest BCUT2D eigenvalue weighted by Crippen LogP contribution is 2.62. The summed E-state index contributed by atoms with van der Waals surface area (Å²) >= 11 is 1.72. The van der Waals surface area contributed by atoms with Crippen molar-refractivity contribution in [2.24, 2.45) is 17.3 Å². The highest BCUT2D eigenvalue weighted by atomic mass is 32.1. The number of carbonyl (C=O) groups is 1. The zero-order chi connectivity index (χ0) is 20.5. The largest absolute Gasteiger partial charge is 0.457 e. The molecular weight excluding hydrogens is 398 g/mol. The maximum absolute atomic E-state index is 13.1. The van der Waals surface area contributed by atoms with Crippen LogP contribution in [0.25, 0.3) is 10.2 Å². The Labute approximate surface area is 180 Å². The minimum absolute atomic E-state index is 0.0526. The van der Waals surface area contributed by atoms with Crippen LogP contribution >= 0.6 is 11.3 Å². The van der Waals surface area contributed by atoms with Gasteiger partial charge in [-0.25, -0.2) is 9.97 Å². The zero-order valence-electron chi connectivity index (χ0n) is 17.3. The van der Waals surface area contributed by atoms with Gasteiger partial charge in [-0.2, -0.15) is 0 Å². The molecule has 0 radical (unpaired) electrons. The molecule has 7 heteroatoms. The first-order valence-corrected chi connectivity index (χ1v) is 12.2. The Morgan fingerprint density at radius 3 is 2.67 bits per heavy atom. The number of hydrogen-bond acceptors (Lipinski definition) is 7. The molecular formula is C23H29N3O3S. The molecule has 30 heavy (non-hydrogen) atoms. The Hall–Kier alpha value is -1.73. The summed E-state index contributed by atoms with van der Waals surface area (Å²) in [5.41, 5.74) is 6.47. The number of esters is 1. The Morgan fingerprint density at radius 2 is 1.90 bits per heavy atom. The van der Waals surface area contributed by atoms with E-state index < -0.39 is 11.0 Å². The molecule has 0 aromatic carbocycles. The number of aromatic nitrogens is 2. The second kappa shape index (κ2) is 6.63. The van der Waals surface area contributed by atoms with E-state index in [0.29, 0.717) is 29.9 Å². The maximum atomic E-state index is 13.1. The number of anilines is 1. The molecule has 2 unspecified atom stereocenters. The molecule has 5 aliphatic carbocycles. The minimum Gasteiger partial charge on any atom is -0.457 e. The molecule has 0 saturated heterocycles. The third-order valence-corrected chi connectivity index (χ3v) is 9.12. The fourth-order valence-corrected chi connectivity index (χ4v) is 8.50. The summed E-state index contributed by atoms with van der Waals surface area (Å²) < 4.78 is 5.76. The standard InChI is InChI=1S/C23H29N3O3S/c24-19-18-15-4-2-1-3-5-16(15)30-20(18)26-17(25-19)11-29-21(27)22-7-13-6-14(8-22)10-23(28,9-13)12-22/h13-14,28H,1-12H2,(H2,24,25,26). The SMILES string of the molecule is Nc1nc(COC(=O)C23CC4CC(CC(O)(C4)C2)C3)nc2sc3c(c12)CCCCC3. The second-order valence-electron chi connectivity index (χ2n) is 10.3. The second-order valence-corrected chi connectivity index (χ2v) is 11.4. The summed E-state index contributed by atoms with van der Waals surface area (Å²) in [6.45, 7) is 0.0526. The van der Waals surface area contributed by atoms with Crippen LogP contribution in [0.15, 0.2) is 0 Å². The number of nitrogen functional groups attached to an aromatic ring is 1. The lowest BCUT2D eigenvalue weighted by Gasteiger charge is -2.58. The van der Waals surface area contributed by atoms with Crippen LogP contribution in [-0.2, 0) is 29.0 Å². The van der Waals surface area contributed by atoms with Crippen molar-refractivity contribution in [2.75, 3.05) is 5.73 Å². The summed E-state index contributed by atoms with van der Waals surface area (Å²) in [7, 11) is 0. The van der Waals surface area contributed by atoms with Gasteiger partial charge < -0.3 is 15.6 Å². The van der Waals surface area contributed by atoms with Gasteiger partial charge in [-0.3, -0.25) is 4.79 Å². The normalized spacial score (nSPS) is 34.7. The number of ether oxygens (including phenoxy) is 1. The van der Waals surface area contributed by atoms with Gasteiger partial charge in [0.25, 0.3) is 0 Å². The number of fused-ring (bicyclic) bond motifs is 3. The van der Waals surface area contributed by atoms with Gasteiger partial charge in [0.15, 0.2) is 12.4 Å². The molecule has 4 bridgehead atoms. The number of nitrogens with two attached hydrogens (primary N) is 1. The number of nitrogens with zero attached hydrogens (tertiary/aromatic N) is 2. The van der Waals surface area contributed by atoms with Crippen LogP contribution in [0.2, 0.25) is 0 Å². The number of aryl methyl sites for hydroxylation is 2. The highest BCUT2D eigenvalue weighted by Gasteiger charge is 2.60. The summed E-state index contributed by atoms with van der Waals surface area (Å²) in [6.07, 6.45) is 10.9. The molecule has 6 nitrogen and oxygen atoms in total. The van der Waals surface area contributed by atoms with Crippen LogP contribution in [0, 0.1) is 17.3 Å². The molecule has 2 aromatic heterocycles. The zero-order valence-corrected chi connectivity index (χ0v) is 18.1. The van der Waals surface area contributed by atoms with E-state index >= 15 is 0 Å². The van der Waals surface area contributed by atoms with E-state index in [1.807, 2.05) is 0 Å². The van der Waals surface area contributed by atoms with Crippen LogP contribution in [0.4, 0.5) is 5.82 Å². The van der Waals surface area contributed by atoms with Crippen molar-refractivity contribution in [1.82, 2.24) is 9.97 Å². The number of carbonyl (C=O) groups excluding carboxylic acids is 1. The Kier molecular flexibility index (Phi) is 4.20. The van der Waals surface area contributed by atoms with E-state index in [9.17, 15) is 9.90 Å². The summed E-state index contributed by atoms with van der Waals surface area (Å²) in [5.74, 6) is 1.71. The summed E-state index contributed by atoms with van der Waals surface area (Å²) in [4.78, 5) is 24.6. The molecule has 3 N–H and O–H groups in total. The van der Waals surface area contributed by atoms with Crippen molar-refractivity contribution >= 4 is 33.3 Å². The molecule has 7 rings (SSSR count). The van der Waals surface area contributed by atoms with Gasteiger partial charge in [-0.15, -0.1) is 11.3 Å². The van der Waals surface area contributed by atoms with Crippen molar-refractivity contribution in [3.05, 3.63) is 16.3 Å². The monoisotopic (exact) mass is 427 g/mol. The third-order valence-electron chi connectivity index (χ3n) is 7.93. The van der Waals surface area contributed by atoms with Gasteiger partial charge in [0.05, 0.1) is 16.4 Å². The molecule has 4 fully saturated rings. The van der Waals surface area contributed by atoms with Crippen LogP contribution in [-0.4, -0.2) is 26.6 Å². The van der Waals surface area contributed by atoms with Crippen LogP contribution in [0.3, 0.4) is 0 Å². The van der Waals surface area contributed by atoms with Crippen LogP contribution < -0.4 is 5.73 Å². The molecule has 0 spiro atoms. The molecule has 160 valence electrons. The number of aliphatic hydroxyl groups is 1. The molecule has 4 saturated carbocycles. The fraction of sp³-hybridized carbons (Fsp3) is 0.696. The fourth-order valence-electron chi connectivity index (χ4n) is 7.21. The van der Waals surface area contributed by atoms with E-state index in [-0.39, 0.29) is 12.6 Å². The average molecular weight is 428 g/mol. The van der Waals surface area contributed by atoms with Gasteiger partial charge in [0, 0.05) is 4.88 Å². The Bertz CT molecular complexity index is 1020. The van der Waals surface area contributed by atoms with Gasteiger partial charge >= 0.3 is 5.97 Å². The van der Waals surface area contributed by atoms with E-state index in [2.05, 4.69) is 4.98 Å². The smallest absolute Gasteiger partial charge is 0.312 e. The lowest BCUT2D eigenvalue weighted by atomic mass is 9.48. The third kappa shape index (κ3) is 2.96. The van der Waals surface area contributed by atoms with Crippen molar-refractivity contribution in [3.8, 4) is 0 Å². The van der Waals surface area contributed by atoms with Gasteiger partial charge in [-0.1, -0.05) is 6.42 Å². The lowest BCUT2D eigenvalue weighted by Crippen LogP contribution is -2.58. The van der Waals surface area contributed by atoms with Gasteiger partial charge in [-0.05, 0) is 81.6 Å². The van der Waals surface area contributed by atoms with Crippen molar-refractivity contribution in [2.45, 2.75) is 82.8 Å². The molecule has 2 aromatic rings. The van der Waals surface area contributed by atoms with Crippen LogP contribution in [0.5, 0.6) is 0 Å². The van der Waals surface area contributed by atoms with Crippen molar-refractivity contribution in [1.29, 1.82) is 0 Å². The minimum atomic E-state index is -0.669. The maximum Gasteiger partial charge on any atom is 0.312 e. The summed E-state index contributed by atoms with van der Waals surface area (Å²) in [5, 5.41) is 11.9. The van der Waals surface area contributed by atoms with Crippen LogP contribution in [0.1, 0.15) is 74.1 Å². The topological polar surface area (TPSA) is 98.3 Å². The molecule has 0 aliphatic heterocycles. The molecule has 2 atom stereocenters. The number of hydrogen-bond donors (Lipinski definition) is 2. The predicted octanol–water partition coefficient (Wildman–Crippen LogP) is 3.92. The van der Waals surface area contributed by atoms with E-state index in [1.54, 1.807) is 11.3 Å². The Balaban J connectivity index is 1.23.